The van der Waals surface area contributed by atoms with Crippen LogP contribution in [0.25, 0.3) is 11.0 Å². The van der Waals surface area contributed by atoms with Gasteiger partial charge in [0.05, 0.1) is 5.39 Å². The van der Waals surface area contributed by atoms with E-state index in [1.165, 1.54) is 0 Å². The number of benzene rings is 1. The number of likely N-dealkylation sites (tertiary alicyclic amines) is 1. The Morgan fingerprint density at radius 1 is 1.33 bits per heavy atom. The van der Waals surface area contributed by atoms with Crippen molar-refractivity contribution in [3.05, 3.63) is 51.8 Å². The number of carbonyl (C=O) groups is 1. The molecule has 0 saturated carbocycles. The van der Waals surface area contributed by atoms with E-state index in [-0.39, 0.29) is 11.5 Å². The highest BCUT2D eigenvalue weighted by Gasteiger charge is 2.25. The number of hydrogen-bond donors (Lipinski definition) is 3. The third kappa shape index (κ3) is 3.68. The quantitative estimate of drug-likeness (QED) is 0.447. The molecule has 3 N–H and O–H groups in total. The number of carbonyl (C=O) groups excluding carboxylic acids is 1. The molecule has 142 valence electrons. The molecular formula is C18H19IN4O4. The van der Waals surface area contributed by atoms with Gasteiger partial charge in [0.25, 0.3) is 11.5 Å². The van der Waals surface area contributed by atoms with Crippen molar-refractivity contribution in [1.82, 2.24) is 15.4 Å². The summed E-state index contributed by atoms with van der Waals surface area (Å²) >= 11 is 2.12. The highest BCUT2D eigenvalue weighted by molar-refractivity contribution is 14.1. The number of amides is 1. The van der Waals surface area contributed by atoms with Gasteiger partial charge in [-0.15, -0.1) is 0 Å². The normalized spacial score (nSPS) is 17.1. The molecule has 0 atom stereocenters. The summed E-state index contributed by atoms with van der Waals surface area (Å²) in [5.41, 5.74) is 1.64. The molecule has 4 rings (SSSR count). The molecule has 0 radical (unpaired) electrons. The maximum Gasteiger partial charge on any atom is 0.287 e. The molecule has 0 bridgehead atoms. The van der Waals surface area contributed by atoms with Crippen molar-refractivity contribution in [2.45, 2.75) is 12.8 Å². The lowest BCUT2D eigenvalue weighted by atomic mass is 10.1. The molecule has 2 aromatic rings. The van der Waals surface area contributed by atoms with E-state index in [2.05, 4.69) is 38.4 Å². The summed E-state index contributed by atoms with van der Waals surface area (Å²) in [6.45, 7) is 2.05. The molecule has 0 unspecified atom stereocenters. The molecule has 0 spiro atoms. The number of anilines is 1. The Morgan fingerprint density at radius 3 is 2.93 bits per heavy atom. The lowest BCUT2D eigenvalue weighted by Gasteiger charge is -2.25. The number of aromatic nitrogens is 1. The average Bonchev–Trinajstić information content (AvgIpc) is 3.33. The number of allylic oxidation sites excluding steroid dienone is 1. The second-order valence-electron chi connectivity index (χ2n) is 6.38. The van der Waals surface area contributed by atoms with E-state index < -0.39 is 0 Å². The standard InChI is InChI=1S/C18H19IN4O4/c19-10-26-15-7-11(18(25)23-5-1-2-6-23)9-20-16(15)21-12-3-4-13-14(8-12)27-22-17(13)24/h3-4,7-8,20-21H,1-2,5-6,9-10H2,(H,22,24). The van der Waals surface area contributed by atoms with E-state index in [9.17, 15) is 9.59 Å². The van der Waals surface area contributed by atoms with Gasteiger partial charge >= 0.3 is 0 Å². The summed E-state index contributed by atoms with van der Waals surface area (Å²) in [5.74, 6) is 1.31. The van der Waals surface area contributed by atoms with Crippen LogP contribution < -0.4 is 16.2 Å². The first-order valence-electron chi connectivity index (χ1n) is 8.71. The summed E-state index contributed by atoms with van der Waals surface area (Å²) in [4.78, 5) is 26.1. The Kier molecular flexibility index (Phi) is 5.10. The van der Waals surface area contributed by atoms with Crippen molar-refractivity contribution in [3.8, 4) is 0 Å². The number of dihydropyridines is 1. The minimum atomic E-state index is -0.256. The summed E-state index contributed by atoms with van der Waals surface area (Å²) in [6, 6.07) is 5.22. The van der Waals surface area contributed by atoms with Crippen LogP contribution in [0.4, 0.5) is 5.69 Å². The number of rotatable bonds is 5. The summed E-state index contributed by atoms with van der Waals surface area (Å²) in [7, 11) is 0. The second kappa shape index (κ2) is 7.67. The molecule has 1 fully saturated rings. The van der Waals surface area contributed by atoms with Crippen LogP contribution in [0.2, 0.25) is 0 Å². The van der Waals surface area contributed by atoms with Crippen molar-refractivity contribution >= 4 is 45.2 Å². The Balaban J connectivity index is 1.59. The molecule has 1 saturated heterocycles. The number of ether oxygens (including phenoxy) is 1. The topological polar surface area (TPSA) is 99.6 Å². The summed E-state index contributed by atoms with van der Waals surface area (Å²) in [5, 5.41) is 9.29. The molecule has 3 heterocycles. The fraction of sp³-hybridized carbons (Fsp3) is 0.333. The van der Waals surface area contributed by atoms with E-state index >= 15 is 0 Å². The van der Waals surface area contributed by atoms with Crippen LogP contribution in [0.3, 0.4) is 0 Å². The zero-order valence-corrected chi connectivity index (χ0v) is 16.7. The SMILES string of the molecule is O=C(C1=CC(OCI)=C(Nc2ccc3c(=O)[nH]oc3c2)NC1)N1CCCC1. The molecule has 1 aromatic heterocycles. The minimum Gasteiger partial charge on any atom is -0.480 e. The molecule has 2 aliphatic heterocycles. The van der Waals surface area contributed by atoms with Crippen molar-refractivity contribution < 1.29 is 14.1 Å². The summed E-state index contributed by atoms with van der Waals surface area (Å²) in [6.07, 6.45) is 3.92. The van der Waals surface area contributed by atoms with Gasteiger partial charge in [0, 0.05) is 37.0 Å². The van der Waals surface area contributed by atoms with Gasteiger partial charge in [0.2, 0.25) is 0 Å². The molecular weight excluding hydrogens is 463 g/mol. The monoisotopic (exact) mass is 482 g/mol. The van der Waals surface area contributed by atoms with Crippen LogP contribution in [-0.2, 0) is 9.53 Å². The van der Waals surface area contributed by atoms with Gasteiger partial charge in [0.1, 0.15) is 10.4 Å². The zero-order valence-electron chi connectivity index (χ0n) is 14.5. The lowest BCUT2D eigenvalue weighted by molar-refractivity contribution is -0.126. The molecule has 8 nitrogen and oxygen atoms in total. The van der Waals surface area contributed by atoms with E-state index in [4.69, 9.17) is 9.26 Å². The van der Waals surface area contributed by atoms with Gasteiger partial charge in [-0.1, -0.05) is 0 Å². The molecule has 1 aromatic carbocycles. The first-order chi connectivity index (χ1) is 13.2. The van der Waals surface area contributed by atoms with E-state index in [1.807, 2.05) is 4.90 Å². The first-order valence-corrected chi connectivity index (χ1v) is 10.2. The van der Waals surface area contributed by atoms with Gasteiger partial charge in [-0.3, -0.25) is 9.59 Å². The van der Waals surface area contributed by atoms with Crippen LogP contribution in [0.5, 0.6) is 0 Å². The Bertz CT molecular complexity index is 985. The Morgan fingerprint density at radius 2 is 2.15 bits per heavy atom. The largest absolute Gasteiger partial charge is 0.480 e. The van der Waals surface area contributed by atoms with Crippen molar-refractivity contribution in [2.75, 3.05) is 29.6 Å². The first kappa shape index (κ1) is 18.0. The molecule has 1 amide bonds. The molecule has 2 aliphatic rings. The number of alkyl halides is 1. The van der Waals surface area contributed by atoms with Crippen LogP contribution in [0, 0.1) is 0 Å². The average molecular weight is 482 g/mol. The summed E-state index contributed by atoms with van der Waals surface area (Å²) < 4.78 is 11.3. The number of nitrogens with one attached hydrogen (secondary N) is 3. The highest BCUT2D eigenvalue weighted by atomic mass is 127. The zero-order chi connectivity index (χ0) is 18.8. The van der Waals surface area contributed by atoms with Crippen molar-refractivity contribution in [3.63, 3.8) is 0 Å². The molecule has 27 heavy (non-hydrogen) atoms. The van der Waals surface area contributed by atoms with E-state index in [0.717, 1.165) is 31.6 Å². The van der Waals surface area contributed by atoms with Crippen molar-refractivity contribution in [2.24, 2.45) is 0 Å². The van der Waals surface area contributed by atoms with E-state index in [1.54, 1.807) is 24.3 Å². The second-order valence-corrected chi connectivity index (χ2v) is 7.01. The third-order valence-electron chi connectivity index (χ3n) is 4.63. The smallest absolute Gasteiger partial charge is 0.287 e. The fourth-order valence-electron chi connectivity index (χ4n) is 3.26. The number of nitrogens with zero attached hydrogens (tertiary/aromatic N) is 1. The van der Waals surface area contributed by atoms with Crippen LogP contribution in [0.15, 0.2) is 50.7 Å². The van der Waals surface area contributed by atoms with Crippen molar-refractivity contribution in [1.29, 1.82) is 0 Å². The van der Waals surface area contributed by atoms with Gasteiger partial charge in [-0.2, -0.15) is 5.16 Å². The number of H-pyrrole nitrogens is 1. The Labute approximate surface area is 168 Å². The number of hydrogen-bond acceptors (Lipinski definition) is 6. The minimum absolute atomic E-state index is 0.0594. The van der Waals surface area contributed by atoms with Crippen LogP contribution >= 0.6 is 22.6 Å². The maximum atomic E-state index is 12.6. The van der Waals surface area contributed by atoms with E-state index in [0.29, 0.717) is 39.3 Å². The van der Waals surface area contributed by atoms with Gasteiger partial charge in [-0.25, -0.2) is 0 Å². The molecule has 0 aliphatic carbocycles. The number of fused-ring (bicyclic) bond motifs is 1. The fourth-order valence-corrected chi connectivity index (χ4v) is 3.60. The van der Waals surface area contributed by atoms with Gasteiger partial charge in [-0.05, 0) is 53.6 Å². The van der Waals surface area contributed by atoms with Crippen LogP contribution in [0.1, 0.15) is 12.8 Å². The lowest BCUT2D eigenvalue weighted by Crippen LogP contribution is -2.36. The predicted molar refractivity (Wildman–Crippen MR) is 109 cm³/mol. The van der Waals surface area contributed by atoms with Gasteiger partial charge < -0.3 is 24.8 Å². The third-order valence-corrected chi connectivity index (χ3v) is 4.95. The predicted octanol–water partition coefficient (Wildman–Crippen LogP) is 2.26. The van der Waals surface area contributed by atoms with Crippen LogP contribution in [-0.4, -0.2) is 40.2 Å². The maximum absolute atomic E-state index is 12.6. The number of aromatic amines is 1. The highest BCUT2D eigenvalue weighted by Crippen LogP contribution is 2.22. The molecule has 9 heteroatoms. The van der Waals surface area contributed by atoms with Gasteiger partial charge in [0.15, 0.2) is 11.3 Å². The Hall–Kier alpha value is -2.43. The number of halogens is 1.